The number of ether oxygens (including phenoxy) is 1. The van der Waals surface area contributed by atoms with E-state index >= 15 is 0 Å². The fraction of sp³-hybridized carbons (Fsp3) is 0.538. The minimum absolute atomic E-state index is 0.0518. The molecule has 1 N–H and O–H groups in total. The number of halogens is 2. The highest BCUT2D eigenvalue weighted by Gasteiger charge is 2.28. The average Bonchev–Trinajstić information content (AvgIpc) is 2.71. The quantitative estimate of drug-likeness (QED) is 0.895. The van der Waals surface area contributed by atoms with Crippen molar-refractivity contribution in [2.24, 2.45) is 0 Å². The molecule has 1 atom stereocenters. The molecule has 1 fully saturated rings. The lowest BCUT2D eigenvalue weighted by molar-refractivity contribution is 0.0207. The summed E-state index contributed by atoms with van der Waals surface area (Å²) in [5.41, 5.74) is 0.932. The van der Waals surface area contributed by atoms with E-state index in [-0.39, 0.29) is 16.4 Å². The van der Waals surface area contributed by atoms with Crippen LogP contribution in [0.25, 0.3) is 0 Å². The average molecular weight is 258 g/mol. The first-order valence-electron chi connectivity index (χ1n) is 5.88. The molecule has 1 aliphatic heterocycles. The lowest BCUT2D eigenvalue weighted by Crippen LogP contribution is -2.36. The van der Waals surface area contributed by atoms with Crippen LogP contribution in [0.1, 0.15) is 25.3 Å². The zero-order valence-corrected chi connectivity index (χ0v) is 10.7. The molecule has 2 nitrogen and oxygen atoms in total. The van der Waals surface area contributed by atoms with Crippen LogP contribution in [0, 0.1) is 5.82 Å². The van der Waals surface area contributed by atoms with Crippen molar-refractivity contribution in [3.8, 4) is 0 Å². The van der Waals surface area contributed by atoms with Crippen LogP contribution in [-0.4, -0.2) is 18.8 Å². The Morgan fingerprint density at radius 2 is 2.35 bits per heavy atom. The molecule has 94 valence electrons. The minimum atomic E-state index is -0.374. The molecule has 1 aromatic rings. The Balaban J connectivity index is 1.83. The monoisotopic (exact) mass is 257 g/mol. The summed E-state index contributed by atoms with van der Waals surface area (Å²) in [7, 11) is 0. The van der Waals surface area contributed by atoms with E-state index in [4.69, 9.17) is 16.3 Å². The summed E-state index contributed by atoms with van der Waals surface area (Å²) in [6, 6.07) is 4.79. The first kappa shape index (κ1) is 12.8. The van der Waals surface area contributed by atoms with Crippen molar-refractivity contribution in [1.29, 1.82) is 0 Å². The van der Waals surface area contributed by atoms with Gasteiger partial charge in [0.05, 0.1) is 10.6 Å². The standard InChI is InChI=1S/C13H17ClFNO/c1-13(5-2-6-17-13)9-16-8-10-3-4-12(15)11(14)7-10/h3-4,7,16H,2,5-6,8-9H2,1H3. The minimum Gasteiger partial charge on any atom is -0.374 e. The Morgan fingerprint density at radius 3 is 3.00 bits per heavy atom. The second kappa shape index (κ2) is 5.34. The highest BCUT2D eigenvalue weighted by molar-refractivity contribution is 6.30. The highest BCUT2D eigenvalue weighted by Crippen LogP contribution is 2.24. The van der Waals surface area contributed by atoms with E-state index in [0.717, 1.165) is 31.6 Å². The third-order valence-electron chi connectivity index (χ3n) is 3.11. The summed E-state index contributed by atoms with van der Waals surface area (Å²) in [4.78, 5) is 0. The van der Waals surface area contributed by atoms with Gasteiger partial charge in [0.2, 0.25) is 0 Å². The lowest BCUT2D eigenvalue weighted by atomic mass is 10.0. The van der Waals surface area contributed by atoms with E-state index in [2.05, 4.69) is 12.2 Å². The van der Waals surface area contributed by atoms with E-state index in [9.17, 15) is 4.39 Å². The van der Waals surface area contributed by atoms with Crippen molar-refractivity contribution in [3.05, 3.63) is 34.6 Å². The van der Waals surface area contributed by atoms with Crippen LogP contribution in [0.15, 0.2) is 18.2 Å². The van der Waals surface area contributed by atoms with E-state index in [0.29, 0.717) is 6.54 Å². The van der Waals surface area contributed by atoms with Crippen LogP contribution < -0.4 is 5.32 Å². The van der Waals surface area contributed by atoms with Gasteiger partial charge in [-0.25, -0.2) is 4.39 Å². The largest absolute Gasteiger partial charge is 0.374 e. The van der Waals surface area contributed by atoms with E-state index in [1.165, 1.54) is 6.07 Å². The molecule has 0 radical (unpaired) electrons. The van der Waals surface area contributed by atoms with Gasteiger partial charge in [0.25, 0.3) is 0 Å². The number of benzene rings is 1. The summed E-state index contributed by atoms with van der Waals surface area (Å²) < 4.78 is 18.6. The topological polar surface area (TPSA) is 21.3 Å². The molecule has 0 amide bonds. The first-order chi connectivity index (χ1) is 8.09. The Kier molecular flexibility index (Phi) is 4.02. The molecule has 0 saturated carbocycles. The Labute approximate surface area is 106 Å². The summed E-state index contributed by atoms with van der Waals surface area (Å²) in [6.45, 7) is 4.45. The Hall–Kier alpha value is -0.640. The number of hydrogen-bond donors (Lipinski definition) is 1. The van der Waals surface area contributed by atoms with Crippen LogP contribution in [0.2, 0.25) is 5.02 Å². The smallest absolute Gasteiger partial charge is 0.141 e. The fourth-order valence-corrected chi connectivity index (χ4v) is 2.30. The molecule has 4 heteroatoms. The predicted molar refractivity (Wildman–Crippen MR) is 66.7 cm³/mol. The van der Waals surface area contributed by atoms with Gasteiger partial charge in [0.15, 0.2) is 0 Å². The molecule has 1 aromatic carbocycles. The van der Waals surface area contributed by atoms with Crippen LogP contribution in [0.5, 0.6) is 0 Å². The number of nitrogens with one attached hydrogen (secondary N) is 1. The molecular formula is C13H17ClFNO. The maximum atomic E-state index is 13.0. The van der Waals surface area contributed by atoms with E-state index < -0.39 is 0 Å². The zero-order chi connectivity index (χ0) is 12.3. The molecule has 1 saturated heterocycles. The van der Waals surface area contributed by atoms with Crippen molar-refractivity contribution >= 4 is 11.6 Å². The van der Waals surface area contributed by atoms with Crippen molar-refractivity contribution in [3.63, 3.8) is 0 Å². The second-order valence-electron chi connectivity index (χ2n) is 4.75. The van der Waals surface area contributed by atoms with Gasteiger partial charge in [0.1, 0.15) is 5.82 Å². The molecule has 0 spiro atoms. The van der Waals surface area contributed by atoms with Gasteiger partial charge < -0.3 is 10.1 Å². The molecular weight excluding hydrogens is 241 g/mol. The molecule has 1 aliphatic rings. The number of rotatable bonds is 4. The van der Waals surface area contributed by atoms with E-state index in [1.54, 1.807) is 12.1 Å². The van der Waals surface area contributed by atoms with Crippen LogP contribution in [-0.2, 0) is 11.3 Å². The molecule has 0 aliphatic carbocycles. The SMILES string of the molecule is CC1(CNCc2ccc(F)c(Cl)c2)CCCO1. The summed E-state index contributed by atoms with van der Waals surface area (Å²) >= 11 is 5.72. The van der Waals surface area contributed by atoms with E-state index in [1.807, 2.05) is 0 Å². The molecule has 1 heterocycles. The third kappa shape index (κ3) is 3.41. The Morgan fingerprint density at radius 1 is 1.53 bits per heavy atom. The summed E-state index contributed by atoms with van der Waals surface area (Å²) in [5.74, 6) is -0.374. The Bertz CT molecular complexity index is 391. The van der Waals surface area contributed by atoms with Crippen LogP contribution in [0.4, 0.5) is 4.39 Å². The van der Waals surface area contributed by atoms with Crippen molar-refractivity contribution in [2.75, 3.05) is 13.2 Å². The van der Waals surface area contributed by atoms with Crippen molar-refractivity contribution in [2.45, 2.75) is 31.9 Å². The van der Waals surface area contributed by atoms with Gasteiger partial charge in [-0.1, -0.05) is 17.7 Å². The van der Waals surface area contributed by atoms with Crippen LogP contribution in [0.3, 0.4) is 0 Å². The van der Waals surface area contributed by atoms with Crippen molar-refractivity contribution in [1.82, 2.24) is 5.32 Å². The normalized spacial score (nSPS) is 24.2. The molecule has 17 heavy (non-hydrogen) atoms. The lowest BCUT2D eigenvalue weighted by Gasteiger charge is -2.23. The van der Waals surface area contributed by atoms with Gasteiger partial charge in [0, 0.05) is 19.7 Å². The zero-order valence-electron chi connectivity index (χ0n) is 9.93. The maximum Gasteiger partial charge on any atom is 0.141 e. The highest BCUT2D eigenvalue weighted by atomic mass is 35.5. The maximum absolute atomic E-state index is 13.0. The fourth-order valence-electron chi connectivity index (χ4n) is 2.10. The van der Waals surface area contributed by atoms with Gasteiger partial charge >= 0.3 is 0 Å². The van der Waals surface area contributed by atoms with Gasteiger partial charge in [-0.15, -0.1) is 0 Å². The molecule has 0 aromatic heterocycles. The molecule has 1 unspecified atom stereocenters. The molecule has 0 bridgehead atoms. The van der Waals surface area contributed by atoms with Gasteiger partial charge in [-0.05, 0) is 37.5 Å². The van der Waals surface area contributed by atoms with Gasteiger partial charge in [-0.2, -0.15) is 0 Å². The van der Waals surface area contributed by atoms with Crippen molar-refractivity contribution < 1.29 is 9.13 Å². The summed E-state index contributed by atoms with van der Waals surface area (Å²) in [5, 5.41) is 3.50. The van der Waals surface area contributed by atoms with Crippen LogP contribution >= 0.6 is 11.6 Å². The molecule has 2 rings (SSSR count). The van der Waals surface area contributed by atoms with Gasteiger partial charge in [-0.3, -0.25) is 0 Å². The predicted octanol–water partition coefficient (Wildman–Crippen LogP) is 3.14. The second-order valence-corrected chi connectivity index (χ2v) is 5.16. The first-order valence-corrected chi connectivity index (χ1v) is 6.25. The number of hydrogen-bond acceptors (Lipinski definition) is 2. The summed E-state index contributed by atoms with van der Waals surface area (Å²) in [6.07, 6.45) is 2.21. The third-order valence-corrected chi connectivity index (χ3v) is 3.40.